The number of aromatic amines is 1. The standard InChI is InChI=1S/C13H10FN3S/c1-8-3-2-4-9(14)12(8)17-11-5-6-15-7-10(11)16-13(17)18/h2-7H,1H3,(H,16,18). The number of para-hydroxylation sites is 1. The van der Waals surface area contributed by atoms with Gasteiger partial charge in [-0.05, 0) is 36.8 Å². The molecule has 0 atom stereocenters. The maximum absolute atomic E-state index is 14.0. The van der Waals surface area contributed by atoms with Crippen molar-refractivity contribution in [2.24, 2.45) is 0 Å². The Morgan fingerprint density at radius 1 is 1.33 bits per heavy atom. The Morgan fingerprint density at radius 3 is 2.94 bits per heavy atom. The molecule has 1 aromatic carbocycles. The van der Waals surface area contributed by atoms with Crippen molar-refractivity contribution < 1.29 is 4.39 Å². The number of benzene rings is 1. The SMILES string of the molecule is Cc1cccc(F)c1-n1c(=S)[nH]c2cnccc21. The van der Waals surface area contributed by atoms with Crippen LogP contribution in [-0.4, -0.2) is 14.5 Å². The summed E-state index contributed by atoms with van der Waals surface area (Å²) >= 11 is 5.27. The van der Waals surface area contributed by atoms with Crippen molar-refractivity contribution in [3.63, 3.8) is 0 Å². The lowest BCUT2D eigenvalue weighted by molar-refractivity contribution is 0.617. The van der Waals surface area contributed by atoms with Gasteiger partial charge >= 0.3 is 0 Å². The maximum Gasteiger partial charge on any atom is 0.182 e. The van der Waals surface area contributed by atoms with Crippen LogP contribution >= 0.6 is 12.2 Å². The number of aromatic nitrogens is 3. The molecule has 3 nitrogen and oxygen atoms in total. The first-order valence-corrected chi connectivity index (χ1v) is 5.89. The van der Waals surface area contributed by atoms with Gasteiger partial charge in [-0.25, -0.2) is 4.39 Å². The second-order valence-electron chi connectivity index (χ2n) is 4.06. The Labute approximate surface area is 108 Å². The minimum absolute atomic E-state index is 0.288. The smallest absolute Gasteiger partial charge is 0.182 e. The zero-order valence-corrected chi connectivity index (χ0v) is 10.5. The van der Waals surface area contributed by atoms with E-state index in [-0.39, 0.29) is 5.82 Å². The van der Waals surface area contributed by atoms with Gasteiger partial charge in [0.2, 0.25) is 0 Å². The van der Waals surface area contributed by atoms with Crippen LogP contribution in [0, 0.1) is 17.5 Å². The van der Waals surface area contributed by atoms with Crippen molar-refractivity contribution in [3.05, 3.63) is 52.8 Å². The summed E-state index contributed by atoms with van der Waals surface area (Å²) in [6.45, 7) is 1.86. The molecule has 5 heteroatoms. The molecule has 0 aliphatic rings. The first-order valence-electron chi connectivity index (χ1n) is 5.49. The maximum atomic E-state index is 14.0. The van der Waals surface area contributed by atoms with Crippen molar-refractivity contribution >= 4 is 23.3 Å². The van der Waals surface area contributed by atoms with Gasteiger partial charge in [0.25, 0.3) is 0 Å². The number of imidazole rings is 1. The molecule has 90 valence electrons. The third kappa shape index (κ3) is 1.55. The van der Waals surface area contributed by atoms with E-state index in [4.69, 9.17) is 12.2 Å². The fraction of sp³-hybridized carbons (Fsp3) is 0.0769. The van der Waals surface area contributed by atoms with Gasteiger partial charge in [-0.3, -0.25) is 9.55 Å². The molecule has 3 rings (SSSR count). The van der Waals surface area contributed by atoms with Crippen LogP contribution in [-0.2, 0) is 0 Å². The van der Waals surface area contributed by atoms with Gasteiger partial charge in [0, 0.05) is 6.20 Å². The monoisotopic (exact) mass is 259 g/mol. The topological polar surface area (TPSA) is 33.6 Å². The molecule has 2 heterocycles. The number of nitrogens with one attached hydrogen (secondary N) is 1. The lowest BCUT2D eigenvalue weighted by Gasteiger charge is -2.09. The summed E-state index contributed by atoms with van der Waals surface area (Å²) in [4.78, 5) is 7.05. The van der Waals surface area contributed by atoms with Crippen LogP contribution in [0.15, 0.2) is 36.7 Å². The number of hydrogen-bond donors (Lipinski definition) is 1. The normalized spacial score (nSPS) is 11.0. The number of aryl methyl sites for hydroxylation is 1. The molecule has 0 aliphatic heterocycles. The quantitative estimate of drug-likeness (QED) is 0.678. The van der Waals surface area contributed by atoms with Gasteiger partial charge in [-0.15, -0.1) is 0 Å². The van der Waals surface area contributed by atoms with Crippen molar-refractivity contribution in [2.75, 3.05) is 0 Å². The number of hydrogen-bond acceptors (Lipinski definition) is 2. The van der Waals surface area contributed by atoms with E-state index in [1.807, 2.05) is 19.1 Å². The fourth-order valence-corrected chi connectivity index (χ4v) is 2.39. The number of rotatable bonds is 1. The van der Waals surface area contributed by atoms with Crippen molar-refractivity contribution in [2.45, 2.75) is 6.92 Å². The van der Waals surface area contributed by atoms with E-state index >= 15 is 0 Å². The lowest BCUT2D eigenvalue weighted by atomic mass is 10.2. The van der Waals surface area contributed by atoms with Crippen LogP contribution in [0.2, 0.25) is 0 Å². The van der Waals surface area contributed by atoms with Gasteiger partial charge in [-0.2, -0.15) is 0 Å². The highest BCUT2D eigenvalue weighted by molar-refractivity contribution is 7.71. The first-order chi connectivity index (χ1) is 8.68. The molecule has 0 aliphatic carbocycles. The van der Waals surface area contributed by atoms with Crippen LogP contribution in [0.4, 0.5) is 4.39 Å². The second-order valence-corrected chi connectivity index (χ2v) is 4.45. The van der Waals surface area contributed by atoms with E-state index in [0.717, 1.165) is 16.6 Å². The summed E-state index contributed by atoms with van der Waals surface area (Å²) in [5.74, 6) is -0.288. The summed E-state index contributed by atoms with van der Waals surface area (Å²) in [5, 5.41) is 0. The van der Waals surface area contributed by atoms with Crippen LogP contribution in [0.1, 0.15) is 5.56 Å². The Balaban J connectivity index is 2.46. The molecule has 2 aromatic heterocycles. The first kappa shape index (κ1) is 11.1. The molecule has 0 unspecified atom stereocenters. The second kappa shape index (κ2) is 4.03. The minimum atomic E-state index is -0.288. The molecule has 0 amide bonds. The van der Waals surface area contributed by atoms with Crippen LogP contribution in [0.3, 0.4) is 0 Å². The lowest BCUT2D eigenvalue weighted by Crippen LogP contribution is -2.00. The van der Waals surface area contributed by atoms with Crippen molar-refractivity contribution in [3.8, 4) is 5.69 Å². The predicted molar refractivity (Wildman–Crippen MR) is 70.9 cm³/mol. The molecule has 18 heavy (non-hydrogen) atoms. The largest absolute Gasteiger partial charge is 0.329 e. The van der Waals surface area contributed by atoms with Gasteiger partial charge in [0.05, 0.1) is 22.9 Å². The minimum Gasteiger partial charge on any atom is -0.329 e. The van der Waals surface area contributed by atoms with Gasteiger partial charge in [0.1, 0.15) is 5.82 Å². The molecule has 0 bridgehead atoms. The third-order valence-electron chi connectivity index (χ3n) is 2.90. The molecule has 0 saturated heterocycles. The molecule has 0 fully saturated rings. The van der Waals surface area contributed by atoms with Crippen molar-refractivity contribution in [1.29, 1.82) is 0 Å². The zero-order chi connectivity index (χ0) is 12.7. The molecule has 1 N–H and O–H groups in total. The highest BCUT2D eigenvalue weighted by Crippen LogP contribution is 2.23. The highest BCUT2D eigenvalue weighted by atomic mass is 32.1. The van der Waals surface area contributed by atoms with E-state index < -0.39 is 0 Å². The summed E-state index contributed by atoms with van der Waals surface area (Å²) < 4.78 is 16.2. The number of halogens is 1. The van der Waals surface area contributed by atoms with Crippen LogP contribution < -0.4 is 0 Å². The molecule has 0 radical (unpaired) electrons. The van der Waals surface area contributed by atoms with Gasteiger partial charge in [0.15, 0.2) is 4.77 Å². The molecule has 0 saturated carbocycles. The van der Waals surface area contributed by atoms with E-state index in [9.17, 15) is 4.39 Å². The summed E-state index contributed by atoms with van der Waals surface area (Å²) in [6, 6.07) is 6.80. The average Bonchev–Trinajstić information content (AvgIpc) is 2.66. The highest BCUT2D eigenvalue weighted by Gasteiger charge is 2.12. The molecular formula is C13H10FN3S. The van der Waals surface area contributed by atoms with E-state index in [2.05, 4.69) is 9.97 Å². The van der Waals surface area contributed by atoms with Crippen molar-refractivity contribution in [1.82, 2.24) is 14.5 Å². The Kier molecular flexibility index (Phi) is 2.48. The molecule has 0 spiro atoms. The third-order valence-corrected chi connectivity index (χ3v) is 3.18. The number of fused-ring (bicyclic) bond motifs is 1. The van der Waals surface area contributed by atoms with Crippen LogP contribution in [0.5, 0.6) is 0 Å². The predicted octanol–water partition coefficient (Wildman–Crippen LogP) is 3.53. The van der Waals surface area contributed by atoms with Crippen LogP contribution in [0.25, 0.3) is 16.7 Å². The summed E-state index contributed by atoms with van der Waals surface area (Å²) in [7, 11) is 0. The number of pyridine rings is 1. The van der Waals surface area contributed by atoms with Gasteiger partial charge in [-0.1, -0.05) is 12.1 Å². The Morgan fingerprint density at radius 2 is 2.17 bits per heavy atom. The van der Waals surface area contributed by atoms with Gasteiger partial charge < -0.3 is 4.98 Å². The summed E-state index contributed by atoms with van der Waals surface area (Å²) in [5.41, 5.74) is 2.94. The van der Waals surface area contributed by atoms with E-state index in [1.54, 1.807) is 23.0 Å². The summed E-state index contributed by atoms with van der Waals surface area (Å²) in [6.07, 6.45) is 3.34. The fourth-order valence-electron chi connectivity index (χ4n) is 2.09. The number of H-pyrrole nitrogens is 1. The van der Waals surface area contributed by atoms with E-state index in [0.29, 0.717) is 10.5 Å². The molecular weight excluding hydrogens is 249 g/mol. The Hall–Kier alpha value is -2.01. The average molecular weight is 259 g/mol. The zero-order valence-electron chi connectivity index (χ0n) is 9.64. The van der Waals surface area contributed by atoms with E-state index in [1.165, 1.54) is 6.07 Å². The molecule has 3 aromatic rings. The Bertz CT molecular complexity index is 768. The number of nitrogens with zero attached hydrogens (tertiary/aromatic N) is 2.